The molecule has 5 heteroatoms. The first-order chi connectivity index (χ1) is 9.92. The molecule has 1 aromatic rings. The molecule has 0 saturated heterocycles. The Morgan fingerprint density at radius 3 is 2.33 bits per heavy atom. The van der Waals surface area contributed by atoms with Gasteiger partial charge in [-0.2, -0.15) is 0 Å². The van der Waals surface area contributed by atoms with Gasteiger partial charge in [0.1, 0.15) is 11.6 Å². The van der Waals surface area contributed by atoms with Crippen molar-refractivity contribution < 1.29 is 18.3 Å². The number of nitrogens with zero attached hydrogens (tertiary/aromatic N) is 1. The Morgan fingerprint density at radius 2 is 1.81 bits per heavy atom. The normalized spacial score (nSPS) is 11.4. The summed E-state index contributed by atoms with van der Waals surface area (Å²) in [4.78, 5) is 14.1. The molecule has 0 aliphatic heterocycles. The second kappa shape index (κ2) is 8.85. The summed E-state index contributed by atoms with van der Waals surface area (Å²) in [6.07, 6.45) is 0.235. The van der Waals surface area contributed by atoms with Crippen LogP contribution < -0.4 is 0 Å². The Hall–Kier alpha value is -1.33. The summed E-state index contributed by atoms with van der Waals surface area (Å²) in [6.45, 7) is 6.94. The van der Waals surface area contributed by atoms with Crippen molar-refractivity contribution in [2.45, 2.75) is 20.3 Å². The van der Waals surface area contributed by atoms with Gasteiger partial charge in [-0.1, -0.05) is 13.8 Å². The van der Waals surface area contributed by atoms with E-state index in [1.54, 1.807) is 7.11 Å². The van der Waals surface area contributed by atoms with Crippen molar-refractivity contribution in [1.29, 1.82) is 0 Å². The minimum Gasteiger partial charge on any atom is -0.383 e. The van der Waals surface area contributed by atoms with Crippen LogP contribution in [0.15, 0.2) is 18.2 Å². The summed E-state index contributed by atoms with van der Waals surface area (Å²) in [6, 6.07) is 2.92. The molecule has 0 fully saturated rings. The summed E-state index contributed by atoms with van der Waals surface area (Å²) in [7, 11) is 1.63. The standard InChI is InChI=1S/C16H23F2NO2/c1-12(2)11-19(6-7-21-3)5-4-16(20)13-8-14(17)10-15(18)9-13/h8-10,12H,4-7,11H2,1-3H3. The van der Waals surface area contributed by atoms with E-state index in [0.29, 0.717) is 19.1 Å². The maximum absolute atomic E-state index is 13.1. The number of benzene rings is 1. The first kappa shape index (κ1) is 17.7. The van der Waals surface area contributed by atoms with E-state index in [2.05, 4.69) is 18.7 Å². The molecular weight excluding hydrogens is 276 g/mol. The average molecular weight is 299 g/mol. The first-order valence-corrected chi connectivity index (χ1v) is 7.13. The molecule has 0 aliphatic rings. The third-order valence-corrected chi connectivity index (χ3v) is 3.07. The van der Waals surface area contributed by atoms with Gasteiger partial charge in [0.05, 0.1) is 6.61 Å². The van der Waals surface area contributed by atoms with Gasteiger partial charge in [0.2, 0.25) is 0 Å². The molecule has 0 amide bonds. The molecule has 0 unspecified atom stereocenters. The van der Waals surface area contributed by atoms with E-state index < -0.39 is 11.6 Å². The van der Waals surface area contributed by atoms with Crippen LogP contribution in [0.3, 0.4) is 0 Å². The summed E-state index contributed by atoms with van der Waals surface area (Å²) in [5, 5.41) is 0. The van der Waals surface area contributed by atoms with E-state index in [0.717, 1.165) is 31.3 Å². The summed E-state index contributed by atoms with van der Waals surface area (Å²) in [5.41, 5.74) is 0.0868. The monoisotopic (exact) mass is 299 g/mol. The lowest BCUT2D eigenvalue weighted by Gasteiger charge is -2.23. The second-order valence-corrected chi connectivity index (χ2v) is 5.52. The second-order valence-electron chi connectivity index (χ2n) is 5.52. The molecule has 0 saturated carbocycles. The fourth-order valence-corrected chi connectivity index (χ4v) is 2.15. The van der Waals surface area contributed by atoms with E-state index >= 15 is 0 Å². The van der Waals surface area contributed by atoms with Crippen molar-refractivity contribution in [3.8, 4) is 0 Å². The van der Waals surface area contributed by atoms with Crippen molar-refractivity contribution in [3.63, 3.8) is 0 Å². The smallest absolute Gasteiger partial charge is 0.164 e. The number of methoxy groups -OCH3 is 1. The molecule has 0 N–H and O–H groups in total. The molecule has 0 atom stereocenters. The van der Waals surface area contributed by atoms with Gasteiger partial charge in [-0.05, 0) is 18.1 Å². The fraction of sp³-hybridized carbons (Fsp3) is 0.562. The first-order valence-electron chi connectivity index (χ1n) is 7.13. The number of carbonyl (C=O) groups excluding carboxylic acids is 1. The largest absolute Gasteiger partial charge is 0.383 e. The van der Waals surface area contributed by atoms with Gasteiger partial charge in [-0.3, -0.25) is 4.79 Å². The lowest BCUT2D eigenvalue weighted by molar-refractivity contribution is 0.0940. The molecular formula is C16H23F2NO2. The number of rotatable bonds is 9. The molecule has 0 heterocycles. The van der Waals surface area contributed by atoms with Gasteiger partial charge in [-0.25, -0.2) is 8.78 Å². The quantitative estimate of drug-likeness (QED) is 0.656. The molecule has 0 aromatic heterocycles. The van der Waals surface area contributed by atoms with Crippen LogP contribution in [0.5, 0.6) is 0 Å². The Morgan fingerprint density at radius 1 is 1.19 bits per heavy atom. The predicted octanol–water partition coefficient (Wildman–Crippen LogP) is 3.14. The van der Waals surface area contributed by atoms with Gasteiger partial charge in [0.25, 0.3) is 0 Å². The molecule has 0 radical (unpaired) electrons. The van der Waals surface area contributed by atoms with Crippen LogP contribution in [-0.4, -0.2) is 44.0 Å². The Kier molecular flexibility index (Phi) is 7.47. The van der Waals surface area contributed by atoms with Gasteiger partial charge in [-0.15, -0.1) is 0 Å². The van der Waals surface area contributed by atoms with Gasteiger partial charge in [0.15, 0.2) is 5.78 Å². The summed E-state index contributed by atoms with van der Waals surface area (Å²) in [5.74, 6) is -1.23. The lowest BCUT2D eigenvalue weighted by Crippen LogP contribution is -2.33. The number of halogens is 2. The zero-order chi connectivity index (χ0) is 15.8. The van der Waals surface area contributed by atoms with E-state index in [4.69, 9.17) is 4.74 Å². The van der Waals surface area contributed by atoms with Crippen LogP contribution in [0.1, 0.15) is 30.6 Å². The molecule has 21 heavy (non-hydrogen) atoms. The number of Topliss-reactive ketones (excluding diaryl/α,β-unsaturated/α-hetero) is 1. The van der Waals surface area contributed by atoms with Gasteiger partial charge >= 0.3 is 0 Å². The van der Waals surface area contributed by atoms with E-state index in [-0.39, 0.29) is 17.8 Å². The fourth-order valence-electron chi connectivity index (χ4n) is 2.15. The van der Waals surface area contributed by atoms with Gasteiger partial charge < -0.3 is 9.64 Å². The summed E-state index contributed by atoms with van der Waals surface area (Å²) < 4.78 is 31.3. The third kappa shape index (κ3) is 6.78. The van der Waals surface area contributed by atoms with Crippen LogP contribution in [0.2, 0.25) is 0 Å². The highest BCUT2D eigenvalue weighted by atomic mass is 19.1. The van der Waals surface area contributed by atoms with Crippen LogP contribution in [0.4, 0.5) is 8.78 Å². The van der Waals surface area contributed by atoms with Crippen molar-refractivity contribution >= 4 is 5.78 Å². The highest BCUT2D eigenvalue weighted by Crippen LogP contribution is 2.11. The number of hydrogen-bond acceptors (Lipinski definition) is 3. The number of ketones is 1. The maximum Gasteiger partial charge on any atom is 0.164 e. The Bertz CT molecular complexity index is 443. The van der Waals surface area contributed by atoms with Crippen molar-refractivity contribution in [1.82, 2.24) is 4.90 Å². The van der Waals surface area contributed by atoms with Crippen LogP contribution in [0, 0.1) is 17.6 Å². The summed E-state index contributed by atoms with van der Waals surface area (Å²) >= 11 is 0. The zero-order valence-corrected chi connectivity index (χ0v) is 12.9. The van der Waals surface area contributed by atoms with Crippen LogP contribution >= 0.6 is 0 Å². The highest BCUT2D eigenvalue weighted by Gasteiger charge is 2.13. The topological polar surface area (TPSA) is 29.5 Å². The Labute approximate surface area is 124 Å². The van der Waals surface area contributed by atoms with Crippen molar-refractivity contribution in [3.05, 3.63) is 35.4 Å². The van der Waals surface area contributed by atoms with Crippen LogP contribution in [-0.2, 0) is 4.74 Å². The highest BCUT2D eigenvalue weighted by molar-refractivity contribution is 5.96. The minimum absolute atomic E-state index is 0.0868. The van der Waals surface area contributed by atoms with Crippen LogP contribution in [0.25, 0.3) is 0 Å². The molecule has 118 valence electrons. The molecule has 1 aromatic carbocycles. The molecule has 3 nitrogen and oxygen atoms in total. The zero-order valence-electron chi connectivity index (χ0n) is 12.9. The van der Waals surface area contributed by atoms with Crippen molar-refractivity contribution in [2.24, 2.45) is 5.92 Å². The lowest BCUT2D eigenvalue weighted by atomic mass is 10.1. The number of carbonyl (C=O) groups is 1. The van der Waals surface area contributed by atoms with E-state index in [1.807, 2.05) is 0 Å². The number of ether oxygens (including phenoxy) is 1. The molecule has 1 rings (SSSR count). The molecule has 0 aliphatic carbocycles. The van der Waals surface area contributed by atoms with Gasteiger partial charge in [0, 0.05) is 44.8 Å². The SMILES string of the molecule is COCCN(CCC(=O)c1cc(F)cc(F)c1)CC(C)C. The third-order valence-electron chi connectivity index (χ3n) is 3.07. The van der Waals surface area contributed by atoms with E-state index in [1.165, 1.54) is 0 Å². The van der Waals surface area contributed by atoms with E-state index in [9.17, 15) is 13.6 Å². The van der Waals surface area contributed by atoms with Crippen molar-refractivity contribution in [2.75, 3.05) is 33.4 Å². The number of hydrogen-bond donors (Lipinski definition) is 0. The molecule has 0 bridgehead atoms. The Balaban J connectivity index is 2.59. The average Bonchev–Trinajstić information content (AvgIpc) is 2.39. The molecule has 0 spiro atoms. The minimum atomic E-state index is -0.725. The predicted molar refractivity (Wildman–Crippen MR) is 78.5 cm³/mol. The maximum atomic E-state index is 13.1.